The Morgan fingerprint density at radius 2 is 1.85 bits per heavy atom. The van der Waals surface area contributed by atoms with Crippen molar-refractivity contribution in [2.75, 3.05) is 18.4 Å². The molecule has 0 radical (unpaired) electrons. The van der Waals surface area contributed by atoms with Crippen LogP contribution in [0.4, 0.5) is 5.95 Å². The van der Waals surface area contributed by atoms with E-state index in [-0.39, 0.29) is 5.91 Å². The minimum absolute atomic E-state index is 0.0432. The van der Waals surface area contributed by atoms with E-state index in [1.165, 1.54) is 0 Å². The molecule has 2 aliphatic rings. The molecule has 5 heterocycles. The second-order valence-electron chi connectivity index (χ2n) is 9.19. The lowest BCUT2D eigenvalue weighted by atomic mass is 9.92. The van der Waals surface area contributed by atoms with Gasteiger partial charge in [-0.3, -0.25) is 9.20 Å². The summed E-state index contributed by atoms with van der Waals surface area (Å²) in [6.07, 6.45) is 13.8. The highest BCUT2D eigenvalue weighted by atomic mass is 16.2. The van der Waals surface area contributed by atoms with Crippen molar-refractivity contribution < 1.29 is 4.79 Å². The summed E-state index contributed by atoms with van der Waals surface area (Å²) < 4.78 is 3.75. The number of hydrogen-bond acceptors (Lipinski definition) is 6. The Morgan fingerprint density at radius 1 is 1.03 bits per heavy atom. The second-order valence-corrected chi connectivity index (χ2v) is 9.19. The van der Waals surface area contributed by atoms with E-state index >= 15 is 0 Å². The van der Waals surface area contributed by atoms with Gasteiger partial charge in [-0.1, -0.05) is 0 Å². The zero-order chi connectivity index (χ0) is 22.4. The van der Waals surface area contributed by atoms with E-state index in [2.05, 4.69) is 20.4 Å². The molecule has 9 heteroatoms. The quantitative estimate of drug-likeness (QED) is 0.501. The van der Waals surface area contributed by atoms with Crippen LogP contribution in [0.2, 0.25) is 0 Å². The Hall–Kier alpha value is -3.46. The van der Waals surface area contributed by atoms with E-state index in [1.807, 2.05) is 50.6 Å². The Balaban J connectivity index is 1.29. The Kier molecular flexibility index (Phi) is 4.98. The average molecular weight is 445 g/mol. The lowest BCUT2D eigenvalue weighted by molar-refractivity contribution is 0.0786. The fraction of sp³-hybridized carbons (Fsp3) is 0.417. The summed E-state index contributed by atoms with van der Waals surface area (Å²) in [5.74, 6) is 0.676. The molecule has 9 nitrogen and oxygen atoms in total. The molecule has 0 spiro atoms. The van der Waals surface area contributed by atoms with E-state index in [0.29, 0.717) is 23.7 Å². The first-order chi connectivity index (χ1) is 16.2. The number of anilines is 1. The molecule has 1 aliphatic heterocycles. The summed E-state index contributed by atoms with van der Waals surface area (Å²) in [6.45, 7) is 1.63. The number of rotatable bonds is 4. The van der Waals surface area contributed by atoms with E-state index in [1.54, 1.807) is 6.20 Å². The summed E-state index contributed by atoms with van der Waals surface area (Å²) in [5.41, 5.74) is 10.3. The highest BCUT2D eigenvalue weighted by Gasteiger charge is 2.23. The maximum atomic E-state index is 13.0. The van der Waals surface area contributed by atoms with Crippen LogP contribution in [0, 0.1) is 0 Å². The van der Waals surface area contributed by atoms with Crippen molar-refractivity contribution in [3.05, 3.63) is 48.7 Å². The van der Waals surface area contributed by atoms with E-state index in [0.717, 1.165) is 73.9 Å². The maximum absolute atomic E-state index is 13.0. The standard InChI is InChI=1S/C24H28N8O/c25-17-4-6-18(7-5-17)28-24-27-13-20-19(9-12-32(20)29-24)16-3-8-22-26-14-21(31(22)15-16)23(33)30-10-1-2-11-30/h3,8-9,12-15,17-18H,1-2,4-7,10-11,25H2,(H,28,29)/t17-,18-. The third-order valence-corrected chi connectivity index (χ3v) is 6.95. The molecular formula is C24H28N8O. The number of aromatic nitrogens is 5. The summed E-state index contributed by atoms with van der Waals surface area (Å²) >= 11 is 0. The highest BCUT2D eigenvalue weighted by molar-refractivity contribution is 5.93. The maximum Gasteiger partial charge on any atom is 0.272 e. The number of amides is 1. The number of hydrogen-bond donors (Lipinski definition) is 2. The minimum atomic E-state index is 0.0432. The van der Waals surface area contributed by atoms with Crippen molar-refractivity contribution >= 4 is 23.0 Å². The zero-order valence-corrected chi connectivity index (χ0v) is 18.5. The number of pyridine rings is 1. The molecule has 1 saturated heterocycles. The van der Waals surface area contributed by atoms with E-state index < -0.39 is 0 Å². The first-order valence-electron chi connectivity index (χ1n) is 11.8. The van der Waals surface area contributed by atoms with Crippen molar-refractivity contribution in [3.8, 4) is 11.1 Å². The molecule has 0 bridgehead atoms. The van der Waals surface area contributed by atoms with Crippen LogP contribution in [0.1, 0.15) is 49.0 Å². The molecule has 0 atom stereocenters. The third kappa shape index (κ3) is 3.72. The fourth-order valence-corrected chi connectivity index (χ4v) is 5.04. The van der Waals surface area contributed by atoms with Gasteiger partial charge >= 0.3 is 0 Å². The average Bonchev–Trinajstić information content (AvgIpc) is 3.59. The fourth-order valence-electron chi connectivity index (χ4n) is 5.04. The van der Waals surface area contributed by atoms with Crippen LogP contribution < -0.4 is 11.1 Å². The van der Waals surface area contributed by atoms with Gasteiger partial charge in [0.25, 0.3) is 5.91 Å². The number of fused-ring (bicyclic) bond motifs is 2. The smallest absolute Gasteiger partial charge is 0.272 e. The topological polar surface area (TPSA) is 106 Å². The van der Waals surface area contributed by atoms with Gasteiger partial charge in [0.05, 0.1) is 17.9 Å². The molecular weight excluding hydrogens is 416 g/mol. The first-order valence-corrected chi connectivity index (χ1v) is 11.8. The van der Waals surface area contributed by atoms with Gasteiger partial charge in [-0.15, -0.1) is 5.10 Å². The van der Waals surface area contributed by atoms with Crippen molar-refractivity contribution in [1.82, 2.24) is 28.9 Å². The predicted molar refractivity (Wildman–Crippen MR) is 126 cm³/mol. The highest BCUT2D eigenvalue weighted by Crippen LogP contribution is 2.27. The van der Waals surface area contributed by atoms with Crippen molar-refractivity contribution in [1.29, 1.82) is 0 Å². The van der Waals surface area contributed by atoms with Crippen molar-refractivity contribution in [3.63, 3.8) is 0 Å². The summed E-state index contributed by atoms with van der Waals surface area (Å²) in [6, 6.07) is 6.70. The second kappa shape index (κ2) is 8.15. The van der Waals surface area contributed by atoms with Crippen LogP contribution in [0.5, 0.6) is 0 Å². The summed E-state index contributed by atoms with van der Waals surface area (Å²) in [5, 5.41) is 8.12. The predicted octanol–water partition coefficient (Wildman–Crippen LogP) is 2.96. The molecule has 1 saturated carbocycles. The van der Waals surface area contributed by atoms with Gasteiger partial charge in [0.2, 0.25) is 5.95 Å². The molecule has 2 fully saturated rings. The first kappa shape index (κ1) is 20.2. The van der Waals surface area contributed by atoms with Crippen LogP contribution in [0.3, 0.4) is 0 Å². The lowest BCUT2D eigenvalue weighted by Crippen LogP contribution is -2.33. The molecule has 3 N–H and O–H groups in total. The third-order valence-electron chi connectivity index (χ3n) is 6.95. The van der Waals surface area contributed by atoms with E-state index in [9.17, 15) is 4.79 Å². The van der Waals surface area contributed by atoms with Gasteiger partial charge < -0.3 is 16.0 Å². The van der Waals surface area contributed by atoms with Crippen molar-refractivity contribution in [2.45, 2.75) is 50.6 Å². The van der Waals surface area contributed by atoms with Gasteiger partial charge in [-0.25, -0.2) is 14.5 Å². The monoisotopic (exact) mass is 444 g/mol. The van der Waals surface area contributed by atoms with Gasteiger partial charge in [0.1, 0.15) is 11.3 Å². The number of imidazole rings is 1. The number of nitrogens with one attached hydrogen (secondary N) is 1. The lowest BCUT2D eigenvalue weighted by Gasteiger charge is -2.26. The minimum Gasteiger partial charge on any atom is -0.350 e. The van der Waals surface area contributed by atoms with Gasteiger partial charge in [0, 0.05) is 48.7 Å². The molecule has 33 heavy (non-hydrogen) atoms. The number of nitrogens with two attached hydrogens (primary N) is 1. The van der Waals surface area contributed by atoms with Crippen LogP contribution >= 0.6 is 0 Å². The summed E-state index contributed by atoms with van der Waals surface area (Å²) in [4.78, 5) is 23.9. The van der Waals surface area contributed by atoms with Gasteiger partial charge in [-0.05, 0) is 56.7 Å². The Morgan fingerprint density at radius 3 is 2.67 bits per heavy atom. The molecule has 0 aromatic carbocycles. The molecule has 1 aliphatic carbocycles. The molecule has 4 aromatic rings. The number of carbonyl (C=O) groups excluding carboxylic acids is 1. The number of nitrogens with zero attached hydrogens (tertiary/aromatic N) is 6. The van der Waals surface area contributed by atoms with E-state index in [4.69, 9.17) is 5.73 Å². The van der Waals surface area contributed by atoms with Crippen molar-refractivity contribution in [2.24, 2.45) is 5.73 Å². The van der Waals surface area contributed by atoms with Crippen LogP contribution in [-0.4, -0.2) is 60.0 Å². The van der Waals surface area contributed by atoms with Gasteiger partial charge in [-0.2, -0.15) is 0 Å². The largest absolute Gasteiger partial charge is 0.350 e. The van der Waals surface area contributed by atoms with Gasteiger partial charge in [0.15, 0.2) is 0 Å². The normalized spacial score (nSPS) is 21.2. The number of likely N-dealkylation sites (tertiary alicyclic amines) is 1. The van der Waals surface area contributed by atoms with Crippen LogP contribution in [-0.2, 0) is 0 Å². The van der Waals surface area contributed by atoms with Crippen LogP contribution in [0.25, 0.3) is 22.3 Å². The Bertz CT molecular complexity index is 1310. The molecule has 6 rings (SSSR count). The SMILES string of the molecule is N[C@H]1CC[C@H](Nc2ncc3c(-c4ccc5ncc(C(=O)N6CCCC6)n5c4)ccn3n2)CC1. The molecule has 4 aromatic heterocycles. The summed E-state index contributed by atoms with van der Waals surface area (Å²) in [7, 11) is 0. The zero-order valence-electron chi connectivity index (χ0n) is 18.5. The molecule has 1 amide bonds. The number of carbonyl (C=O) groups is 1. The molecule has 170 valence electrons. The molecule has 0 unspecified atom stereocenters. The van der Waals surface area contributed by atoms with Crippen LogP contribution in [0.15, 0.2) is 43.0 Å². The Labute approximate surface area is 191 Å².